The van der Waals surface area contributed by atoms with E-state index in [1.807, 2.05) is 0 Å². The number of fused-ring (bicyclic) bond motifs is 1. The molecule has 2 aromatic rings. The minimum absolute atomic E-state index is 0.196. The highest BCUT2D eigenvalue weighted by Crippen LogP contribution is 2.15. The second-order valence-corrected chi connectivity index (χ2v) is 4.82. The molecule has 1 atom stereocenters. The molecule has 1 aliphatic heterocycles. The molecule has 0 amide bonds. The molecule has 0 saturated carbocycles. The number of nitrogens with one attached hydrogen (secondary N) is 1. The molecule has 1 saturated heterocycles. The first kappa shape index (κ1) is 11.6. The Morgan fingerprint density at radius 1 is 1.33 bits per heavy atom. The first-order valence-electron chi connectivity index (χ1n) is 6.28. The summed E-state index contributed by atoms with van der Waals surface area (Å²) >= 11 is 0. The van der Waals surface area contributed by atoms with Crippen LogP contribution in [0.25, 0.3) is 5.65 Å². The highest BCUT2D eigenvalue weighted by molar-refractivity contribution is 5.41. The average molecular weight is 251 g/mol. The van der Waals surface area contributed by atoms with Gasteiger partial charge in [0.15, 0.2) is 11.5 Å². The lowest BCUT2D eigenvalue weighted by Gasteiger charge is -2.22. The smallest absolute Gasteiger partial charge is 0.173 e. The van der Waals surface area contributed by atoms with E-state index in [1.165, 1.54) is 23.4 Å². The van der Waals surface area contributed by atoms with Gasteiger partial charge < -0.3 is 9.72 Å². The number of pyridine rings is 1. The van der Waals surface area contributed by atoms with E-state index in [2.05, 4.69) is 10.3 Å². The van der Waals surface area contributed by atoms with Crippen molar-refractivity contribution in [2.75, 3.05) is 6.54 Å². The molecule has 5 heteroatoms. The number of rotatable bonds is 2. The van der Waals surface area contributed by atoms with Gasteiger partial charge in [-0.2, -0.15) is 0 Å². The predicted octanol–water partition coefficient (Wildman–Crippen LogP) is 2.30. The SMILES string of the molecule is Fc1cc(F)c2nc(C[C@@H]3CCCCN3)cn2c1. The number of hydrogen-bond donors (Lipinski definition) is 1. The maximum Gasteiger partial charge on any atom is 0.173 e. The van der Waals surface area contributed by atoms with Crippen molar-refractivity contribution in [3.63, 3.8) is 0 Å². The molecule has 1 aliphatic rings. The summed E-state index contributed by atoms with van der Waals surface area (Å²) in [7, 11) is 0. The molecule has 2 aromatic heterocycles. The normalized spacial score (nSPS) is 20.4. The minimum atomic E-state index is -0.613. The van der Waals surface area contributed by atoms with Gasteiger partial charge in [0.25, 0.3) is 0 Å². The van der Waals surface area contributed by atoms with E-state index in [4.69, 9.17) is 0 Å². The topological polar surface area (TPSA) is 29.3 Å². The van der Waals surface area contributed by atoms with E-state index in [0.717, 1.165) is 31.1 Å². The summed E-state index contributed by atoms with van der Waals surface area (Å²) in [5, 5.41) is 3.42. The Morgan fingerprint density at radius 2 is 2.22 bits per heavy atom. The van der Waals surface area contributed by atoms with Crippen LogP contribution in [0, 0.1) is 11.6 Å². The van der Waals surface area contributed by atoms with E-state index >= 15 is 0 Å². The zero-order valence-electron chi connectivity index (χ0n) is 10.00. The van der Waals surface area contributed by atoms with Crippen LogP contribution in [0.4, 0.5) is 8.78 Å². The van der Waals surface area contributed by atoms with Crippen LogP contribution in [0.15, 0.2) is 18.5 Å². The van der Waals surface area contributed by atoms with Crippen LogP contribution >= 0.6 is 0 Å². The predicted molar refractivity (Wildman–Crippen MR) is 64.5 cm³/mol. The van der Waals surface area contributed by atoms with Crippen molar-refractivity contribution in [3.8, 4) is 0 Å². The number of hydrogen-bond acceptors (Lipinski definition) is 2. The van der Waals surface area contributed by atoms with Crippen LogP contribution in [0.5, 0.6) is 0 Å². The lowest BCUT2D eigenvalue weighted by Crippen LogP contribution is -2.35. The molecule has 0 unspecified atom stereocenters. The third kappa shape index (κ3) is 2.22. The molecule has 0 aliphatic carbocycles. The molecular formula is C13H15F2N3. The first-order valence-corrected chi connectivity index (χ1v) is 6.28. The maximum atomic E-state index is 13.5. The standard InChI is InChI=1S/C13H15F2N3/c14-9-5-12(15)13-17-11(8-18(13)7-9)6-10-3-1-2-4-16-10/h5,7-8,10,16H,1-4,6H2/t10-/m0/s1. The summed E-state index contributed by atoms with van der Waals surface area (Å²) in [5.41, 5.74) is 1.00. The third-order valence-electron chi connectivity index (χ3n) is 3.39. The van der Waals surface area contributed by atoms with Crippen molar-refractivity contribution in [2.24, 2.45) is 0 Å². The van der Waals surface area contributed by atoms with Gasteiger partial charge in [-0.15, -0.1) is 0 Å². The molecule has 3 nitrogen and oxygen atoms in total. The fraction of sp³-hybridized carbons (Fsp3) is 0.462. The molecule has 0 bridgehead atoms. The molecular weight excluding hydrogens is 236 g/mol. The maximum absolute atomic E-state index is 13.5. The van der Waals surface area contributed by atoms with Gasteiger partial charge in [0.05, 0.1) is 5.69 Å². The number of piperidine rings is 1. The van der Waals surface area contributed by atoms with Gasteiger partial charge in [-0.25, -0.2) is 13.8 Å². The minimum Gasteiger partial charge on any atom is -0.314 e. The second-order valence-electron chi connectivity index (χ2n) is 4.82. The van der Waals surface area contributed by atoms with Crippen molar-refractivity contribution in [1.29, 1.82) is 0 Å². The highest BCUT2D eigenvalue weighted by Gasteiger charge is 2.16. The van der Waals surface area contributed by atoms with Crippen LogP contribution in [0.3, 0.4) is 0 Å². The van der Waals surface area contributed by atoms with Crippen molar-refractivity contribution < 1.29 is 8.78 Å². The molecule has 3 rings (SSSR count). The van der Waals surface area contributed by atoms with Crippen LogP contribution in [-0.4, -0.2) is 22.0 Å². The van der Waals surface area contributed by atoms with Crippen LogP contribution in [0.2, 0.25) is 0 Å². The highest BCUT2D eigenvalue weighted by atomic mass is 19.1. The second kappa shape index (κ2) is 4.65. The quantitative estimate of drug-likeness (QED) is 0.887. The summed E-state index contributed by atoms with van der Waals surface area (Å²) in [6.45, 7) is 1.03. The summed E-state index contributed by atoms with van der Waals surface area (Å²) in [5.74, 6) is -1.20. The van der Waals surface area contributed by atoms with Crippen LogP contribution < -0.4 is 5.32 Å². The van der Waals surface area contributed by atoms with Crippen molar-refractivity contribution >= 4 is 5.65 Å². The largest absolute Gasteiger partial charge is 0.314 e. The molecule has 1 fully saturated rings. The monoisotopic (exact) mass is 251 g/mol. The Labute approximate surface area is 104 Å². The molecule has 1 N–H and O–H groups in total. The van der Waals surface area contributed by atoms with E-state index < -0.39 is 11.6 Å². The zero-order valence-corrected chi connectivity index (χ0v) is 10.00. The molecule has 0 aromatic carbocycles. The molecule has 3 heterocycles. The van der Waals surface area contributed by atoms with E-state index in [0.29, 0.717) is 6.04 Å². The molecule has 96 valence electrons. The van der Waals surface area contributed by atoms with Gasteiger partial charge in [0, 0.05) is 30.9 Å². The Bertz CT molecular complexity index is 559. The lowest BCUT2D eigenvalue weighted by molar-refractivity contribution is 0.397. The fourth-order valence-corrected chi connectivity index (χ4v) is 2.52. The van der Waals surface area contributed by atoms with E-state index in [-0.39, 0.29) is 5.65 Å². The van der Waals surface area contributed by atoms with E-state index in [9.17, 15) is 8.78 Å². The summed E-state index contributed by atoms with van der Waals surface area (Å²) in [4.78, 5) is 4.23. The van der Waals surface area contributed by atoms with Gasteiger partial charge >= 0.3 is 0 Å². The zero-order chi connectivity index (χ0) is 12.5. The Balaban J connectivity index is 1.86. The number of halogens is 2. The number of imidazole rings is 1. The number of aromatic nitrogens is 2. The Morgan fingerprint density at radius 3 is 3.00 bits per heavy atom. The Kier molecular flexibility index (Phi) is 2.99. The van der Waals surface area contributed by atoms with Gasteiger partial charge in [-0.3, -0.25) is 0 Å². The van der Waals surface area contributed by atoms with Gasteiger partial charge in [-0.1, -0.05) is 6.42 Å². The third-order valence-corrected chi connectivity index (χ3v) is 3.39. The van der Waals surface area contributed by atoms with Gasteiger partial charge in [-0.05, 0) is 19.4 Å². The fourth-order valence-electron chi connectivity index (χ4n) is 2.52. The summed E-state index contributed by atoms with van der Waals surface area (Å²) in [6, 6.07) is 1.27. The van der Waals surface area contributed by atoms with Crippen molar-refractivity contribution in [2.45, 2.75) is 31.7 Å². The summed E-state index contributed by atoms with van der Waals surface area (Å²) in [6.07, 6.45) is 7.27. The first-order chi connectivity index (χ1) is 8.72. The van der Waals surface area contributed by atoms with E-state index in [1.54, 1.807) is 6.20 Å². The van der Waals surface area contributed by atoms with Crippen molar-refractivity contribution in [1.82, 2.24) is 14.7 Å². The molecule has 18 heavy (non-hydrogen) atoms. The van der Waals surface area contributed by atoms with Gasteiger partial charge in [0.2, 0.25) is 0 Å². The van der Waals surface area contributed by atoms with Crippen molar-refractivity contribution in [3.05, 3.63) is 35.8 Å². The lowest BCUT2D eigenvalue weighted by atomic mass is 10.0. The molecule has 0 spiro atoms. The van der Waals surface area contributed by atoms with Crippen LogP contribution in [-0.2, 0) is 6.42 Å². The molecule has 0 radical (unpaired) electrons. The number of nitrogens with zero attached hydrogens (tertiary/aromatic N) is 2. The summed E-state index contributed by atoms with van der Waals surface area (Å²) < 4.78 is 28.0. The Hall–Kier alpha value is -1.49. The van der Waals surface area contributed by atoms with Crippen LogP contribution in [0.1, 0.15) is 25.0 Å². The average Bonchev–Trinajstić information content (AvgIpc) is 2.73. The van der Waals surface area contributed by atoms with Gasteiger partial charge in [0.1, 0.15) is 5.82 Å².